The molecule has 2 rings (SSSR count). The van der Waals surface area contributed by atoms with E-state index in [9.17, 15) is 20.4 Å². The van der Waals surface area contributed by atoms with Crippen LogP contribution < -0.4 is 0 Å². The van der Waals surface area contributed by atoms with E-state index in [1.165, 1.54) is 21.3 Å². The summed E-state index contributed by atoms with van der Waals surface area (Å²) in [6, 6.07) is 4.81. The van der Waals surface area contributed by atoms with Crippen LogP contribution in [-0.4, -0.2) is 68.4 Å². The van der Waals surface area contributed by atoms with Gasteiger partial charge < -0.3 is 35.1 Å². The average Bonchev–Trinajstić information content (AvgIpc) is 3.13. The summed E-state index contributed by atoms with van der Waals surface area (Å²) in [4.78, 5) is 0. The predicted octanol–water partition coefficient (Wildman–Crippen LogP) is 1.88. The minimum Gasteiger partial charge on any atom is -0.494 e. The molecule has 6 N–H and O–H groups in total. The molecular formula is C20H34N2O7Si. The minimum atomic E-state index is -1.99. The second-order valence-electron chi connectivity index (χ2n) is 7.81. The first-order valence-electron chi connectivity index (χ1n) is 10.2. The summed E-state index contributed by atoms with van der Waals surface area (Å²) in [6.07, 6.45) is 2.79. The third kappa shape index (κ3) is 5.72. The monoisotopic (exact) mass is 442 g/mol. The van der Waals surface area contributed by atoms with Gasteiger partial charge in [0, 0.05) is 30.4 Å². The molecule has 0 atom stereocenters. The highest BCUT2D eigenvalue weighted by atomic mass is 28.4. The van der Waals surface area contributed by atoms with Crippen LogP contribution in [0.4, 0.5) is 0 Å². The van der Waals surface area contributed by atoms with Crippen molar-refractivity contribution < 1.29 is 35.1 Å². The lowest BCUT2D eigenvalue weighted by atomic mass is 10.2. The Morgan fingerprint density at radius 3 is 1.53 bits per heavy atom. The second kappa shape index (κ2) is 10.8. The summed E-state index contributed by atoms with van der Waals surface area (Å²) in [5, 5.41) is 58.2. The molecule has 0 aliphatic rings. The minimum absolute atomic E-state index is 0.00925. The van der Waals surface area contributed by atoms with Crippen LogP contribution in [0.5, 0.6) is 23.5 Å². The van der Waals surface area contributed by atoms with Crippen LogP contribution in [0.3, 0.4) is 0 Å². The molecule has 2 aromatic rings. The standard InChI is InChI=1S/C20H34N2O7Si/c1-29-30(2,11-3-5-15-13-17(25)21(7-9-23)19(15)27)12-4-6-16-14-18(26)22(8-10-24)20(16)28/h13-14,23-28H,3-12H2,1-2H3. The molecule has 30 heavy (non-hydrogen) atoms. The smallest absolute Gasteiger partial charge is 0.197 e. The van der Waals surface area contributed by atoms with Crippen molar-refractivity contribution in [1.29, 1.82) is 0 Å². The fourth-order valence-electron chi connectivity index (χ4n) is 3.80. The lowest BCUT2D eigenvalue weighted by molar-refractivity contribution is 0.256. The van der Waals surface area contributed by atoms with Gasteiger partial charge in [0.2, 0.25) is 0 Å². The molecule has 0 aliphatic carbocycles. The molecule has 0 bridgehead atoms. The van der Waals surface area contributed by atoms with Crippen LogP contribution in [0.25, 0.3) is 0 Å². The van der Waals surface area contributed by atoms with Gasteiger partial charge in [-0.2, -0.15) is 0 Å². The van der Waals surface area contributed by atoms with Gasteiger partial charge in [0.1, 0.15) is 0 Å². The SMILES string of the molecule is CO[Si](C)(CCCc1cc(O)n(CCO)c1O)CCCc1cc(O)n(CCO)c1O. The van der Waals surface area contributed by atoms with E-state index in [2.05, 4.69) is 6.55 Å². The fraction of sp³-hybridized carbons (Fsp3) is 0.600. The zero-order chi connectivity index (χ0) is 22.3. The van der Waals surface area contributed by atoms with E-state index in [0.29, 0.717) is 24.0 Å². The number of hydrogen-bond acceptors (Lipinski definition) is 7. The number of rotatable bonds is 13. The number of aryl methyl sites for hydroxylation is 2. The molecule has 0 fully saturated rings. The van der Waals surface area contributed by atoms with Crippen LogP contribution in [0.15, 0.2) is 12.1 Å². The quantitative estimate of drug-likeness (QED) is 0.260. The molecule has 170 valence electrons. The number of nitrogens with zero attached hydrogens (tertiary/aromatic N) is 2. The molecule has 0 aromatic carbocycles. The molecule has 0 aliphatic heterocycles. The molecular weight excluding hydrogens is 408 g/mol. The van der Waals surface area contributed by atoms with E-state index in [-0.39, 0.29) is 49.8 Å². The molecule has 0 saturated heterocycles. The van der Waals surface area contributed by atoms with Crippen molar-refractivity contribution in [2.75, 3.05) is 20.3 Å². The summed E-state index contributed by atoms with van der Waals surface area (Å²) < 4.78 is 8.42. The average molecular weight is 443 g/mol. The Morgan fingerprint density at radius 2 is 1.20 bits per heavy atom. The first-order valence-corrected chi connectivity index (χ1v) is 13.1. The molecule has 2 heterocycles. The highest BCUT2D eigenvalue weighted by Gasteiger charge is 2.27. The molecule has 2 aromatic heterocycles. The summed E-state index contributed by atoms with van der Waals surface area (Å²) in [7, 11) is -0.275. The Morgan fingerprint density at radius 1 is 0.800 bits per heavy atom. The van der Waals surface area contributed by atoms with Gasteiger partial charge in [-0.1, -0.05) is 0 Å². The normalized spacial score (nSPS) is 12.0. The van der Waals surface area contributed by atoms with Crippen molar-refractivity contribution in [3.8, 4) is 23.5 Å². The number of aliphatic hydroxyl groups is 2. The van der Waals surface area contributed by atoms with Crippen LogP contribution >= 0.6 is 0 Å². The Labute approximate surface area is 177 Å². The van der Waals surface area contributed by atoms with Gasteiger partial charge in [-0.25, -0.2) is 0 Å². The van der Waals surface area contributed by atoms with Crippen LogP contribution in [0.1, 0.15) is 24.0 Å². The van der Waals surface area contributed by atoms with E-state index >= 15 is 0 Å². The third-order valence-corrected chi connectivity index (χ3v) is 9.50. The van der Waals surface area contributed by atoms with E-state index in [4.69, 9.17) is 14.6 Å². The lowest BCUT2D eigenvalue weighted by Crippen LogP contribution is -2.33. The van der Waals surface area contributed by atoms with E-state index < -0.39 is 8.32 Å². The number of hydrogen-bond donors (Lipinski definition) is 6. The molecule has 0 unspecified atom stereocenters. The van der Waals surface area contributed by atoms with Crippen LogP contribution in [-0.2, 0) is 30.4 Å². The van der Waals surface area contributed by atoms with Crippen molar-refractivity contribution in [1.82, 2.24) is 9.13 Å². The molecule has 0 amide bonds. The molecule has 0 radical (unpaired) electrons. The first kappa shape index (κ1) is 24.1. The number of aromatic nitrogens is 2. The highest BCUT2D eigenvalue weighted by Crippen LogP contribution is 2.32. The third-order valence-electron chi connectivity index (χ3n) is 5.69. The zero-order valence-electron chi connectivity index (χ0n) is 17.7. The highest BCUT2D eigenvalue weighted by molar-refractivity contribution is 6.72. The van der Waals surface area contributed by atoms with Crippen molar-refractivity contribution in [3.63, 3.8) is 0 Å². The van der Waals surface area contributed by atoms with Crippen molar-refractivity contribution >= 4 is 8.32 Å². The van der Waals surface area contributed by atoms with Crippen LogP contribution in [0, 0.1) is 0 Å². The summed E-state index contributed by atoms with van der Waals surface area (Å²) >= 11 is 0. The summed E-state index contributed by atoms with van der Waals surface area (Å²) in [5.41, 5.74) is 1.30. The topological polar surface area (TPSA) is 140 Å². The molecule has 10 heteroatoms. The maximum atomic E-state index is 10.2. The molecule has 0 spiro atoms. The van der Waals surface area contributed by atoms with Gasteiger partial charge in [0.15, 0.2) is 31.8 Å². The van der Waals surface area contributed by atoms with E-state index in [1.807, 2.05) is 0 Å². The zero-order valence-corrected chi connectivity index (χ0v) is 18.7. The van der Waals surface area contributed by atoms with Crippen molar-refractivity contribution in [2.24, 2.45) is 0 Å². The Balaban J connectivity index is 1.88. The van der Waals surface area contributed by atoms with Gasteiger partial charge in [-0.15, -0.1) is 0 Å². The van der Waals surface area contributed by atoms with E-state index in [0.717, 1.165) is 24.9 Å². The van der Waals surface area contributed by atoms with Gasteiger partial charge in [0.25, 0.3) is 0 Å². The summed E-state index contributed by atoms with van der Waals surface area (Å²) in [5.74, 6) is -0.131. The maximum absolute atomic E-state index is 10.2. The van der Waals surface area contributed by atoms with Crippen molar-refractivity contribution in [3.05, 3.63) is 23.3 Å². The Bertz CT molecular complexity index is 756. The Hall–Kier alpha value is -2.14. The summed E-state index contributed by atoms with van der Waals surface area (Å²) in [6.45, 7) is 2.10. The van der Waals surface area contributed by atoms with Gasteiger partial charge in [0.05, 0.1) is 26.3 Å². The van der Waals surface area contributed by atoms with E-state index in [1.54, 1.807) is 7.11 Å². The Kier molecular flexibility index (Phi) is 8.65. The van der Waals surface area contributed by atoms with Gasteiger partial charge >= 0.3 is 0 Å². The molecule has 9 nitrogen and oxygen atoms in total. The van der Waals surface area contributed by atoms with Gasteiger partial charge in [-0.3, -0.25) is 9.13 Å². The first-order chi connectivity index (χ1) is 14.3. The van der Waals surface area contributed by atoms with Gasteiger partial charge in [-0.05, 0) is 44.3 Å². The predicted molar refractivity (Wildman–Crippen MR) is 115 cm³/mol. The number of aliphatic hydroxyl groups excluding tert-OH is 2. The number of aromatic hydroxyl groups is 4. The fourth-order valence-corrected chi connectivity index (χ4v) is 6.31. The molecule has 0 saturated carbocycles. The van der Waals surface area contributed by atoms with Crippen molar-refractivity contribution in [2.45, 2.75) is 57.4 Å². The second-order valence-corrected chi connectivity index (χ2v) is 12.1. The largest absolute Gasteiger partial charge is 0.494 e. The maximum Gasteiger partial charge on any atom is 0.197 e. The lowest BCUT2D eigenvalue weighted by Gasteiger charge is -2.25. The van der Waals surface area contributed by atoms with Crippen LogP contribution in [0.2, 0.25) is 18.6 Å².